The van der Waals surface area contributed by atoms with Crippen molar-refractivity contribution < 1.29 is 14.4 Å². The summed E-state index contributed by atoms with van der Waals surface area (Å²) in [6.45, 7) is 2.17. The van der Waals surface area contributed by atoms with Crippen LogP contribution >= 0.6 is 0 Å². The van der Waals surface area contributed by atoms with Gasteiger partial charge >= 0.3 is 0 Å². The van der Waals surface area contributed by atoms with E-state index in [2.05, 4.69) is 21.9 Å². The number of hydrogen-bond acceptors (Lipinski definition) is 4. The van der Waals surface area contributed by atoms with Crippen molar-refractivity contribution in [1.29, 1.82) is 0 Å². The van der Waals surface area contributed by atoms with Gasteiger partial charge in [0.05, 0.1) is 12.1 Å². The van der Waals surface area contributed by atoms with E-state index in [0.717, 1.165) is 5.69 Å². The maximum atomic E-state index is 12.6. The van der Waals surface area contributed by atoms with Crippen LogP contribution in [0.15, 0.2) is 24.3 Å². The van der Waals surface area contributed by atoms with Crippen LogP contribution in [0.3, 0.4) is 0 Å². The number of terminal acetylenes is 1. The number of para-hydroxylation sites is 1. The maximum absolute atomic E-state index is 12.6. The van der Waals surface area contributed by atoms with E-state index >= 15 is 0 Å². The highest BCUT2D eigenvalue weighted by Crippen LogP contribution is 2.31. The fourth-order valence-corrected chi connectivity index (χ4v) is 3.48. The Morgan fingerprint density at radius 3 is 2.88 bits per heavy atom. The van der Waals surface area contributed by atoms with Gasteiger partial charge in [-0.3, -0.25) is 14.4 Å². The summed E-state index contributed by atoms with van der Waals surface area (Å²) in [5.74, 6) is 1.80. The van der Waals surface area contributed by atoms with Crippen molar-refractivity contribution in [3.63, 3.8) is 0 Å². The molecule has 0 saturated carbocycles. The summed E-state index contributed by atoms with van der Waals surface area (Å²) in [6.07, 6.45) is 6.36. The van der Waals surface area contributed by atoms with E-state index in [1.165, 1.54) is 0 Å². The number of nitrogens with zero attached hydrogens (tertiary/aromatic N) is 1. The summed E-state index contributed by atoms with van der Waals surface area (Å²) in [4.78, 5) is 38.7. The lowest BCUT2D eigenvalue weighted by molar-refractivity contribution is -0.139. The quantitative estimate of drug-likeness (QED) is 0.697. The summed E-state index contributed by atoms with van der Waals surface area (Å²) < 4.78 is 0. The van der Waals surface area contributed by atoms with E-state index in [0.29, 0.717) is 24.9 Å². The van der Waals surface area contributed by atoms with Crippen molar-refractivity contribution in [2.24, 2.45) is 0 Å². The molecule has 2 heterocycles. The van der Waals surface area contributed by atoms with Gasteiger partial charge in [0.15, 0.2) is 0 Å². The average molecular weight is 354 g/mol. The minimum Gasteiger partial charge on any atom is -0.362 e. The van der Waals surface area contributed by atoms with Crippen LogP contribution in [-0.4, -0.2) is 47.4 Å². The van der Waals surface area contributed by atoms with Gasteiger partial charge in [-0.25, -0.2) is 0 Å². The van der Waals surface area contributed by atoms with Crippen LogP contribution in [0.1, 0.15) is 36.5 Å². The van der Waals surface area contributed by atoms with E-state index in [1.807, 2.05) is 18.2 Å². The molecular weight excluding hydrogens is 332 g/mol. The summed E-state index contributed by atoms with van der Waals surface area (Å²) in [5.41, 5.74) is 0.662. The molecule has 3 amide bonds. The third-order valence-corrected chi connectivity index (χ3v) is 4.98. The minimum absolute atomic E-state index is 0.111. The van der Waals surface area contributed by atoms with Gasteiger partial charge in [0.1, 0.15) is 11.7 Å². The number of benzene rings is 1. The van der Waals surface area contributed by atoms with Crippen molar-refractivity contribution in [1.82, 2.24) is 15.5 Å². The number of hydrogen-bond donors (Lipinski definition) is 3. The SMILES string of the molecule is C#CCNC(=O)[C@@H](C)N1CC[C@]2(CCC1=O)NC(=O)c1ccccc1N2. The molecular formula is C19H22N4O3. The molecule has 2 atom stereocenters. The zero-order chi connectivity index (χ0) is 18.7. The lowest BCUT2D eigenvalue weighted by Crippen LogP contribution is -2.58. The average Bonchev–Trinajstić information content (AvgIpc) is 2.79. The molecule has 26 heavy (non-hydrogen) atoms. The molecule has 7 nitrogen and oxygen atoms in total. The fraction of sp³-hybridized carbons (Fsp3) is 0.421. The Hall–Kier alpha value is -3.01. The number of carbonyl (C=O) groups excluding carboxylic acids is 3. The van der Waals surface area contributed by atoms with Crippen LogP contribution in [0.5, 0.6) is 0 Å². The summed E-state index contributed by atoms with van der Waals surface area (Å²) in [5, 5.41) is 9.01. The largest absolute Gasteiger partial charge is 0.362 e. The molecule has 2 aliphatic heterocycles. The van der Waals surface area contributed by atoms with Gasteiger partial charge in [0.2, 0.25) is 11.8 Å². The Kier molecular flexibility index (Phi) is 4.85. The zero-order valence-electron chi connectivity index (χ0n) is 14.7. The Bertz CT molecular complexity index is 785. The number of nitrogens with one attached hydrogen (secondary N) is 3. The van der Waals surface area contributed by atoms with Gasteiger partial charge in [-0.2, -0.15) is 0 Å². The number of likely N-dealkylation sites (tertiary alicyclic amines) is 1. The molecule has 0 bridgehead atoms. The molecule has 3 N–H and O–H groups in total. The standard InChI is InChI=1S/C19H22N4O3/c1-3-11-20-17(25)13(2)23-12-10-19(9-8-16(23)24)21-15-7-5-4-6-14(15)18(26)22-19/h1,4-7,13,21H,8-12H2,2H3,(H,20,25)(H,22,26)/t13-,19+/m1/s1. The minimum atomic E-state index is -0.690. The van der Waals surface area contributed by atoms with Crippen molar-refractivity contribution in [2.45, 2.75) is 37.9 Å². The van der Waals surface area contributed by atoms with Crippen LogP contribution in [0.2, 0.25) is 0 Å². The first-order valence-corrected chi connectivity index (χ1v) is 8.66. The number of rotatable bonds is 3. The van der Waals surface area contributed by atoms with E-state index in [-0.39, 0.29) is 30.7 Å². The van der Waals surface area contributed by atoms with Crippen LogP contribution in [0.25, 0.3) is 0 Å². The normalized spacial score (nSPS) is 23.2. The first-order chi connectivity index (χ1) is 12.5. The van der Waals surface area contributed by atoms with E-state index < -0.39 is 11.7 Å². The number of fused-ring (bicyclic) bond motifs is 1. The number of amides is 3. The first kappa shape index (κ1) is 17.8. The Labute approximate surface area is 152 Å². The van der Waals surface area contributed by atoms with Gasteiger partial charge in [0, 0.05) is 25.1 Å². The molecule has 0 aliphatic carbocycles. The summed E-state index contributed by atoms with van der Waals surface area (Å²) in [7, 11) is 0. The molecule has 7 heteroatoms. The maximum Gasteiger partial charge on any atom is 0.255 e. The van der Waals surface area contributed by atoms with Crippen molar-refractivity contribution in [3.8, 4) is 12.3 Å². The number of anilines is 1. The molecule has 3 rings (SSSR count). The molecule has 0 radical (unpaired) electrons. The zero-order valence-corrected chi connectivity index (χ0v) is 14.7. The summed E-state index contributed by atoms with van der Waals surface area (Å²) >= 11 is 0. The predicted octanol–water partition coefficient (Wildman–Crippen LogP) is 0.689. The second-order valence-corrected chi connectivity index (χ2v) is 6.64. The van der Waals surface area contributed by atoms with Gasteiger partial charge in [-0.05, 0) is 25.5 Å². The van der Waals surface area contributed by atoms with Crippen LogP contribution in [0, 0.1) is 12.3 Å². The van der Waals surface area contributed by atoms with Gasteiger partial charge in [-0.1, -0.05) is 18.1 Å². The van der Waals surface area contributed by atoms with E-state index in [1.54, 1.807) is 17.9 Å². The van der Waals surface area contributed by atoms with Gasteiger partial charge < -0.3 is 20.9 Å². The van der Waals surface area contributed by atoms with Crippen molar-refractivity contribution in [2.75, 3.05) is 18.4 Å². The lowest BCUT2D eigenvalue weighted by atomic mass is 9.95. The molecule has 0 unspecified atom stereocenters. The van der Waals surface area contributed by atoms with Gasteiger partial charge in [-0.15, -0.1) is 6.42 Å². The first-order valence-electron chi connectivity index (χ1n) is 8.66. The van der Waals surface area contributed by atoms with Crippen molar-refractivity contribution >= 4 is 23.4 Å². The Morgan fingerprint density at radius 2 is 2.12 bits per heavy atom. The van der Waals surface area contributed by atoms with Crippen LogP contribution in [-0.2, 0) is 9.59 Å². The van der Waals surface area contributed by atoms with Crippen LogP contribution in [0.4, 0.5) is 5.69 Å². The second kappa shape index (κ2) is 7.08. The second-order valence-electron chi connectivity index (χ2n) is 6.64. The third kappa shape index (κ3) is 3.36. The fourth-order valence-electron chi connectivity index (χ4n) is 3.48. The molecule has 1 aromatic carbocycles. The number of carbonyl (C=O) groups is 3. The molecule has 1 fully saturated rings. The Morgan fingerprint density at radius 1 is 1.35 bits per heavy atom. The highest BCUT2D eigenvalue weighted by molar-refractivity contribution is 6.02. The van der Waals surface area contributed by atoms with Crippen LogP contribution < -0.4 is 16.0 Å². The molecule has 1 saturated heterocycles. The molecule has 1 aromatic rings. The Balaban J connectivity index is 1.76. The molecule has 136 valence electrons. The predicted molar refractivity (Wildman–Crippen MR) is 97.1 cm³/mol. The third-order valence-electron chi connectivity index (χ3n) is 4.98. The topological polar surface area (TPSA) is 90.5 Å². The highest BCUT2D eigenvalue weighted by Gasteiger charge is 2.41. The van der Waals surface area contributed by atoms with E-state index in [4.69, 9.17) is 6.42 Å². The molecule has 0 aromatic heterocycles. The molecule has 2 aliphatic rings. The summed E-state index contributed by atoms with van der Waals surface area (Å²) in [6, 6.07) is 6.68. The molecule has 1 spiro atoms. The van der Waals surface area contributed by atoms with Crippen molar-refractivity contribution in [3.05, 3.63) is 29.8 Å². The highest BCUT2D eigenvalue weighted by atomic mass is 16.2. The van der Waals surface area contributed by atoms with E-state index in [9.17, 15) is 14.4 Å². The lowest BCUT2D eigenvalue weighted by Gasteiger charge is -2.40. The monoisotopic (exact) mass is 354 g/mol. The van der Waals surface area contributed by atoms with Gasteiger partial charge in [0.25, 0.3) is 5.91 Å². The smallest absolute Gasteiger partial charge is 0.255 e.